The highest BCUT2D eigenvalue weighted by molar-refractivity contribution is 7.85. The number of carbonyl (C=O) groups is 1. The van der Waals surface area contributed by atoms with Crippen molar-refractivity contribution in [2.75, 3.05) is 4.90 Å². The van der Waals surface area contributed by atoms with E-state index in [1.807, 2.05) is 37.3 Å². The molecule has 0 unspecified atom stereocenters. The molecule has 3 aromatic rings. The van der Waals surface area contributed by atoms with E-state index < -0.39 is 10.1 Å². The van der Waals surface area contributed by atoms with E-state index in [2.05, 4.69) is 0 Å². The molecule has 0 atom stereocenters. The second kappa shape index (κ2) is 8.42. The van der Waals surface area contributed by atoms with Crippen LogP contribution in [0.4, 0.5) is 5.69 Å². The molecule has 3 rings (SSSR count). The number of hydrogen-bond donors (Lipinski definition) is 0. The fraction of sp³-hybridized carbons (Fsp3) is 0.143. The topological polar surface area (TPSA) is 94.5 Å². The molecule has 0 spiro atoms. The first kappa shape index (κ1) is 20.5. The number of para-hydroxylation sites is 1. The van der Waals surface area contributed by atoms with Gasteiger partial charge in [0.15, 0.2) is 0 Å². The molecule has 0 aliphatic carbocycles. The number of benzene rings is 2. The van der Waals surface area contributed by atoms with Crippen LogP contribution in [0.5, 0.6) is 0 Å². The third-order valence-electron chi connectivity index (χ3n) is 4.27. The summed E-state index contributed by atoms with van der Waals surface area (Å²) in [5.41, 5.74) is 1.74. The maximum atomic E-state index is 11.9. The van der Waals surface area contributed by atoms with Crippen LogP contribution in [0.25, 0.3) is 17.2 Å². The summed E-state index contributed by atoms with van der Waals surface area (Å²) in [5.74, 6) is 0.362. The van der Waals surface area contributed by atoms with E-state index in [1.54, 1.807) is 29.0 Å². The fourth-order valence-corrected chi connectivity index (χ4v) is 3.41. The minimum Gasteiger partial charge on any atom is -0.744 e. The van der Waals surface area contributed by atoms with Gasteiger partial charge in [-0.3, -0.25) is 9.69 Å². The first-order valence-electron chi connectivity index (χ1n) is 8.93. The Morgan fingerprint density at radius 2 is 1.90 bits per heavy atom. The van der Waals surface area contributed by atoms with Gasteiger partial charge < -0.3 is 8.97 Å². The Hall–Kier alpha value is -3.23. The van der Waals surface area contributed by atoms with E-state index in [1.165, 1.54) is 30.0 Å². The molecule has 7 nitrogen and oxygen atoms in total. The number of allylic oxidation sites excluding steroid dienone is 2. The lowest BCUT2D eigenvalue weighted by Gasteiger charge is -2.15. The lowest BCUT2D eigenvalue weighted by Crippen LogP contribution is -2.33. The van der Waals surface area contributed by atoms with Gasteiger partial charge in [-0.15, -0.1) is 0 Å². The van der Waals surface area contributed by atoms with E-state index in [4.69, 9.17) is 4.42 Å². The Kier molecular flexibility index (Phi) is 5.95. The standard InChI is InChI=1S/C21H20N2O5S/c1-3-22-19-15-18(29(25,26)27)12-13-20(19)28-21(22)11-7-8-14-23(16(2)24)17-9-5-4-6-10-17/h4-15H,3H2,1-2H3. The van der Waals surface area contributed by atoms with Crippen LogP contribution in [-0.2, 0) is 21.5 Å². The predicted molar refractivity (Wildman–Crippen MR) is 108 cm³/mol. The molecule has 150 valence electrons. The van der Waals surface area contributed by atoms with Gasteiger partial charge in [0.1, 0.15) is 16.7 Å². The van der Waals surface area contributed by atoms with Gasteiger partial charge in [-0.25, -0.2) is 8.42 Å². The summed E-state index contributed by atoms with van der Waals surface area (Å²) < 4.78 is 41.4. The van der Waals surface area contributed by atoms with E-state index in [0.717, 1.165) is 5.69 Å². The van der Waals surface area contributed by atoms with Gasteiger partial charge in [-0.05, 0) is 37.3 Å². The summed E-state index contributed by atoms with van der Waals surface area (Å²) in [5, 5.41) is 0. The molecular formula is C21H20N2O5S. The molecule has 8 heteroatoms. The molecule has 0 bridgehead atoms. The molecule has 1 heterocycles. The Balaban J connectivity index is 1.90. The van der Waals surface area contributed by atoms with Crippen LogP contribution in [0.2, 0.25) is 0 Å². The van der Waals surface area contributed by atoms with Gasteiger partial charge in [0.2, 0.25) is 11.5 Å². The average Bonchev–Trinajstić information content (AvgIpc) is 3.04. The molecule has 0 N–H and O–H groups in total. The monoisotopic (exact) mass is 412 g/mol. The van der Waals surface area contributed by atoms with Crippen LogP contribution in [0.15, 0.2) is 76.2 Å². The molecule has 29 heavy (non-hydrogen) atoms. The molecule has 0 aliphatic heterocycles. The SMILES string of the molecule is CC[n+]1c(/C=C/C=C/N(C(C)=O)c2ccccc2)oc2ccc(S(=O)(=O)[O-])cc21. The number of fused-ring (bicyclic) bond motifs is 1. The summed E-state index contributed by atoms with van der Waals surface area (Å²) >= 11 is 0. The largest absolute Gasteiger partial charge is 0.744 e. The molecule has 2 aromatic carbocycles. The highest BCUT2D eigenvalue weighted by Crippen LogP contribution is 2.19. The van der Waals surface area contributed by atoms with Gasteiger partial charge in [0, 0.05) is 24.9 Å². The van der Waals surface area contributed by atoms with Crippen molar-refractivity contribution in [3.05, 3.63) is 72.8 Å². The number of carbonyl (C=O) groups excluding carboxylic acids is 1. The third kappa shape index (κ3) is 4.61. The Morgan fingerprint density at radius 1 is 1.17 bits per heavy atom. The molecular weight excluding hydrogens is 392 g/mol. The number of aryl methyl sites for hydroxylation is 1. The van der Waals surface area contributed by atoms with E-state index in [9.17, 15) is 17.8 Å². The summed E-state index contributed by atoms with van der Waals surface area (Å²) in [6.07, 6.45) is 6.77. The van der Waals surface area contributed by atoms with E-state index in [-0.39, 0.29) is 10.8 Å². The molecule has 0 saturated heterocycles. The predicted octanol–water partition coefficient (Wildman–Crippen LogP) is 3.22. The zero-order valence-corrected chi connectivity index (χ0v) is 16.8. The summed E-state index contributed by atoms with van der Waals surface area (Å²) in [4.78, 5) is 13.1. The quantitative estimate of drug-likeness (QED) is 0.352. The molecule has 1 aromatic heterocycles. The number of rotatable bonds is 6. The highest BCUT2D eigenvalue weighted by atomic mass is 32.2. The van der Waals surface area contributed by atoms with Gasteiger partial charge >= 0.3 is 5.89 Å². The second-order valence-electron chi connectivity index (χ2n) is 6.19. The van der Waals surface area contributed by atoms with E-state index in [0.29, 0.717) is 23.5 Å². The summed E-state index contributed by atoms with van der Waals surface area (Å²) in [7, 11) is -4.55. The second-order valence-corrected chi connectivity index (χ2v) is 7.57. The maximum absolute atomic E-state index is 11.9. The van der Waals surface area contributed by atoms with Gasteiger partial charge in [-0.2, -0.15) is 4.57 Å². The van der Waals surface area contributed by atoms with E-state index >= 15 is 0 Å². The van der Waals surface area contributed by atoms with Crippen LogP contribution in [0.3, 0.4) is 0 Å². The van der Waals surface area contributed by atoms with Crippen molar-refractivity contribution in [3.8, 4) is 0 Å². The molecule has 0 fully saturated rings. The number of nitrogens with zero attached hydrogens (tertiary/aromatic N) is 2. The fourth-order valence-electron chi connectivity index (χ4n) is 2.92. The summed E-state index contributed by atoms with van der Waals surface area (Å²) in [6.45, 7) is 3.88. The lowest BCUT2D eigenvalue weighted by molar-refractivity contribution is -0.674. The van der Waals surface area contributed by atoms with Crippen molar-refractivity contribution >= 4 is 38.9 Å². The number of aromatic nitrogens is 1. The Morgan fingerprint density at radius 3 is 2.52 bits per heavy atom. The van der Waals surface area contributed by atoms with Crippen LogP contribution < -0.4 is 9.47 Å². The van der Waals surface area contributed by atoms with Crippen molar-refractivity contribution in [1.82, 2.24) is 0 Å². The smallest absolute Gasteiger partial charge is 0.374 e. The number of amides is 1. The molecule has 0 aliphatic rings. The number of hydrogen-bond acceptors (Lipinski definition) is 5. The van der Waals surface area contributed by atoms with Crippen molar-refractivity contribution in [2.24, 2.45) is 0 Å². The first-order valence-corrected chi connectivity index (χ1v) is 10.3. The Bertz CT molecular complexity index is 1190. The van der Waals surface area contributed by atoms with Crippen LogP contribution in [-0.4, -0.2) is 18.9 Å². The first-order chi connectivity index (χ1) is 13.8. The normalized spacial score (nSPS) is 12.2. The van der Waals surface area contributed by atoms with Crippen molar-refractivity contribution in [3.63, 3.8) is 0 Å². The van der Waals surface area contributed by atoms with Crippen LogP contribution >= 0.6 is 0 Å². The van der Waals surface area contributed by atoms with Crippen molar-refractivity contribution in [1.29, 1.82) is 0 Å². The molecule has 1 amide bonds. The van der Waals surface area contributed by atoms with Crippen molar-refractivity contribution < 1.29 is 26.7 Å². The number of oxazole rings is 1. The van der Waals surface area contributed by atoms with Crippen molar-refractivity contribution in [2.45, 2.75) is 25.3 Å². The molecule has 0 saturated carbocycles. The zero-order chi connectivity index (χ0) is 21.0. The van der Waals surface area contributed by atoms with Crippen LogP contribution in [0, 0.1) is 0 Å². The van der Waals surface area contributed by atoms with Gasteiger partial charge in [-0.1, -0.05) is 24.3 Å². The zero-order valence-electron chi connectivity index (χ0n) is 16.0. The van der Waals surface area contributed by atoms with Gasteiger partial charge in [0.05, 0.1) is 11.0 Å². The van der Waals surface area contributed by atoms with Gasteiger partial charge in [0.25, 0.3) is 5.52 Å². The Labute approximate surface area is 168 Å². The minimum absolute atomic E-state index is 0.125. The maximum Gasteiger partial charge on any atom is 0.374 e. The minimum atomic E-state index is -4.55. The third-order valence-corrected chi connectivity index (χ3v) is 5.10. The molecule has 0 radical (unpaired) electrons. The van der Waals surface area contributed by atoms with Crippen LogP contribution in [0.1, 0.15) is 19.7 Å². The summed E-state index contributed by atoms with van der Waals surface area (Å²) in [6, 6.07) is 13.2. The lowest BCUT2D eigenvalue weighted by atomic mass is 10.3. The number of anilines is 1. The average molecular weight is 412 g/mol. The highest BCUT2D eigenvalue weighted by Gasteiger charge is 2.20.